The van der Waals surface area contributed by atoms with Crippen LogP contribution < -0.4 is 0 Å². The second-order valence-corrected chi connectivity index (χ2v) is 3.39. The van der Waals surface area contributed by atoms with Gasteiger partial charge in [-0.05, 0) is 5.56 Å². The molecule has 1 aromatic rings. The van der Waals surface area contributed by atoms with Crippen LogP contribution in [0.5, 0.6) is 0 Å². The molecule has 0 saturated heterocycles. The average molecular weight is 220 g/mol. The molecule has 0 aromatic heterocycles. The van der Waals surface area contributed by atoms with Crippen molar-refractivity contribution < 1.29 is 19.8 Å². The molecule has 0 saturated carbocycles. The predicted molar refractivity (Wildman–Crippen MR) is 58.2 cm³/mol. The van der Waals surface area contributed by atoms with Gasteiger partial charge in [-0.3, -0.25) is 0 Å². The fraction of sp³-hybridized carbons (Fsp3) is 0.167. The summed E-state index contributed by atoms with van der Waals surface area (Å²) in [5.74, 6) is -3.09. The van der Waals surface area contributed by atoms with E-state index >= 15 is 0 Å². The molecular formula is C12H12O4. The summed E-state index contributed by atoms with van der Waals surface area (Å²) in [6.07, 6.45) is 1.24. The van der Waals surface area contributed by atoms with Crippen LogP contribution in [0.1, 0.15) is 18.4 Å². The first-order valence-electron chi connectivity index (χ1n) is 4.75. The molecule has 0 amide bonds. The first-order valence-corrected chi connectivity index (χ1v) is 4.75. The number of hydrogen-bond donors (Lipinski definition) is 2. The van der Waals surface area contributed by atoms with Gasteiger partial charge < -0.3 is 10.2 Å². The van der Waals surface area contributed by atoms with Crippen LogP contribution in [0.2, 0.25) is 0 Å². The predicted octanol–water partition coefficient (Wildman–Crippen LogP) is 1.89. The molecule has 1 atom stereocenters. The van der Waals surface area contributed by atoms with Gasteiger partial charge in [0, 0.05) is 5.92 Å². The Balaban J connectivity index is 2.98. The largest absolute Gasteiger partial charge is 0.477 e. The fourth-order valence-electron chi connectivity index (χ4n) is 1.34. The second-order valence-electron chi connectivity index (χ2n) is 3.39. The highest BCUT2D eigenvalue weighted by atomic mass is 16.4. The second kappa shape index (κ2) is 5.11. The molecule has 4 heteroatoms. The normalized spacial score (nSPS) is 11.6. The molecule has 84 valence electrons. The van der Waals surface area contributed by atoms with E-state index in [2.05, 4.69) is 0 Å². The van der Waals surface area contributed by atoms with Gasteiger partial charge in [-0.1, -0.05) is 43.3 Å². The quantitative estimate of drug-likeness (QED) is 0.461. The van der Waals surface area contributed by atoms with Crippen LogP contribution in [0, 0.1) is 0 Å². The molecule has 1 aromatic carbocycles. The number of carboxylic acid groups (broad SMARTS) is 2. The molecule has 0 heterocycles. The van der Waals surface area contributed by atoms with Crippen molar-refractivity contribution in [1.82, 2.24) is 0 Å². The molecule has 0 spiro atoms. The lowest BCUT2D eigenvalue weighted by Gasteiger charge is -2.07. The van der Waals surface area contributed by atoms with Gasteiger partial charge in [0.2, 0.25) is 0 Å². The Morgan fingerprint density at radius 1 is 1.12 bits per heavy atom. The van der Waals surface area contributed by atoms with Crippen molar-refractivity contribution in [3.05, 3.63) is 47.5 Å². The molecule has 1 unspecified atom stereocenters. The van der Waals surface area contributed by atoms with Gasteiger partial charge in [-0.15, -0.1) is 0 Å². The van der Waals surface area contributed by atoms with E-state index in [-0.39, 0.29) is 5.92 Å². The van der Waals surface area contributed by atoms with Crippen LogP contribution >= 0.6 is 0 Å². The van der Waals surface area contributed by atoms with Crippen LogP contribution in [0.3, 0.4) is 0 Å². The topological polar surface area (TPSA) is 74.6 Å². The molecule has 4 nitrogen and oxygen atoms in total. The number of benzene rings is 1. The summed E-state index contributed by atoms with van der Waals surface area (Å²) < 4.78 is 0. The summed E-state index contributed by atoms with van der Waals surface area (Å²) in [7, 11) is 0. The maximum Gasteiger partial charge on any atom is 0.342 e. The number of hydrogen-bond acceptors (Lipinski definition) is 2. The maximum absolute atomic E-state index is 10.7. The van der Waals surface area contributed by atoms with Gasteiger partial charge in [0.1, 0.15) is 5.57 Å². The number of rotatable bonds is 4. The first kappa shape index (κ1) is 12.0. The number of carbonyl (C=O) groups is 2. The van der Waals surface area contributed by atoms with Crippen molar-refractivity contribution in [2.75, 3.05) is 0 Å². The standard InChI is InChI=1S/C12H12O4/c1-8(9-5-3-2-4-6-9)7-10(11(13)14)12(15)16/h2-8H,1H3,(H,13,14)(H,15,16). The Morgan fingerprint density at radius 3 is 2.06 bits per heavy atom. The van der Waals surface area contributed by atoms with Gasteiger partial charge >= 0.3 is 11.9 Å². The molecular weight excluding hydrogens is 208 g/mol. The Hall–Kier alpha value is -2.10. The van der Waals surface area contributed by atoms with Crippen LogP contribution in [-0.2, 0) is 9.59 Å². The average Bonchev–Trinajstić information content (AvgIpc) is 2.25. The van der Waals surface area contributed by atoms with Crippen LogP contribution in [0.25, 0.3) is 0 Å². The summed E-state index contributed by atoms with van der Waals surface area (Å²) in [5.41, 5.74) is 0.277. The van der Waals surface area contributed by atoms with Gasteiger partial charge in [0.25, 0.3) is 0 Å². The zero-order valence-electron chi connectivity index (χ0n) is 8.75. The highest BCUT2D eigenvalue weighted by Gasteiger charge is 2.17. The van der Waals surface area contributed by atoms with Gasteiger partial charge in [-0.2, -0.15) is 0 Å². The zero-order valence-corrected chi connectivity index (χ0v) is 8.75. The third kappa shape index (κ3) is 2.95. The molecule has 16 heavy (non-hydrogen) atoms. The smallest absolute Gasteiger partial charge is 0.342 e. The minimum Gasteiger partial charge on any atom is -0.477 e. The number of aliphatic carboxylic acids is 2. The molecule has 0 aliphatic heterocycles. The van der Waals surface area contributed by atoms with E-state index in [1.807, 2.05) is 30.3 Å². The molecule has 0 radical (unpaired) electrons. The highest BCUT2D eigenvalue weighted by molar-refractivity contribution is 6.12. The summed E-state index contributed by atoms with van der Waals surface area (Å²) in [5, 5.41) is 17.4. The van der Waals surface area contributed by atoms with Crippen molar-refractivity contribution >= 4 is 11.9 Å². The van der Waals surface area contributed by atoms with E-state index in [0.717, 1.165) is 5.56 Å². The third-order valence-electron chi connectivity index (χ3n) is 2.20. The van der Waals surface area contributed by atoms with E-state index in [9.17, 15) is 9.59 Å². The first-order chi connectivity index (χ1) is 7.52. The molecule has 0 fully saturated rings. The lowest BCUT2D eigenvalue weighted by Crippen LogP contribution is -2.12. The molecule has 0 aliphatic carbocycles. The Bertz CT molecular complexity index is 404. The van der Waals surface area contributed by atoms with Crippen molar-refractivity contribution in [3.63, 3.8) is 0 Å². The van der Waals surface area contributed by atoms with Crippen LogP contribution in [-0.4, -0.2) is 22.2 Å². The van der Waals surface area contributed by atoms with Crippen molar-refractivity contribution in [1.29, 1.82) is 0 Å². The summed E-state index contributed by atoms with van der Waals surface area (Å²) >= 11 is 0. The molecule has 1 rings (SSSR count). The molecule has 0 aliphatic rings. The number of carboxylic acids is 2. The maximum atomic E-state index is 10.7. The van der Waals surface area contributed by atoms with Crippen LogP contribution in [0.15, 0.2) is 42.0 Å². The molecule has 2 N–H and O–H groups in total. The van der Waals surface area contributed by atoms with Crippen molar-refractivity contribution in [2.45, 2.75) is 12.8 Å². The Labute approximate surface area is 92.8 Å². The van der Waals surface area contributed by atoms with E-state index in [1.54, 1.807) is 6.92 Å². The highest BCUT2D eigenvalue weighted by Crippen LogP contribution is 2.17. The van der Waals surface area contributed by atoms with Crippen molar-refractivity contribution in [3.8, 4) is 0 Å². The van der Waals surface area contributed by atoms with Gasteiger partial charge in [-0.25, -0.2) is 9.59 Å². The number of allylic oxidation sites excluding steroid dienone is 1. The SMILES string of the molecule is CC(C=C(C(=O)O)C(=O)O)c1ccccc1. The Morgan fingerprint density at radius 2 is 1.62 bits per heavy atom. The van der Waals surface area contributed by atoms with Gasteiger partial charge in [0.15, 0.2) is 0 Å². The van der Waals surface area contributed by atoms with E-state index < -0.39 is 17.5 Å². The summed E-state index contributed by atoms with van der Waals surface area (Å²) in [6, 6.07) is 9.13. The lowest BCUT2D eigenvalue weighted by atomic mass is 9.98. The monoisotopic (exact) mass is 220 g/mol. The van der Waals surface area contributed by atoms with Crippen molar-refractivity contribution in [2.24, 2.45) is 0 Å². The minimum absolute atomic E-state index is 0.247. The fourth-order valence-corrected chi connectivity index (χ4v) is 1.34. The minimum atomic E-state index is -1.42. The van der Waals surface area contributed by atoms with E-state index in [1.165, 1.54) is 6.08 Å². The van der Waals surface area contributed by atoms with E-state index in [4.69, 9.17) is 10.2 Å². The van der Waals surface area contributed by atoms with Crippen LogP contribution in [0.4, 0.5) is 0 Å². The van der Waals surface area contributed by atoms with Gasteiger partial charge in [0.05, 0.1) is 0 Å². The summed E-state index contributed by atoms with van der Waals surface area (Å²) in [4.78, 5) is 21.3. The zero-order chi connectivity index (χ0) is 12.1. The third-order valence-corrected chi connectivity index (χ3v) is 2.20. The lowest BCUT2D eigenvalue weighted by molar-refractivity contribution is -0.140. The molecule has 0 bridgehead atoms. The summed E-state index contributed by atoms with van der Waals surface area (Å²) in [6.45, 7) is 1.75. The Kier molecular flexibility index (Phi) is 3.83. The van der Waals surface area contributed by atoms with E-state index in [0.29, 0.717) is 0 Å².